The van der Waals surface area contributed by atoms with Crippen LogP contribution in [0.5, 0.6) is 0 Å². The summed E-state index contributed by atoms with van der Waals surface area (Å²) in [6.45, 7) is 8.16. The molecule has 0 aromatic carbocycles. The van der Waals surface area contributed by atoms with Crippen molar-refractivity contribution in [1.82, 2.24) is 0 Å². The van der Waals surface area contributed by atoms with Crippen molar-refractivity contribution in [2.45, 2.75) is 6.92 Å². The molecule has 0 unspecified atom stereocenters. The molecular weight excluding hydrogens is 130 g/mol. The Labute approximate surface area is 59.9 Å². The summed E-state index contributed by atoms with van der Waals surface area (Å²) in [5.74, 6) is -1.26. The van der Waals surface area contributed by atoms with Gasteiger partial charge in [0.1, 0.15) is 11.6 Å². The lowest BCUT2D eigenvalue weighted by atomic mass is 10.4. The van der Waals surface area contributed by atoms with Crippen molar-refractivity contribution in [3.8, 4) is 6.07 Å². The molecule has 0 fully saturated rings. The molecule has 3 heteroatoms. The minimum absolute atomic E-state index is 0.431. The molecule has 54 valence electrons. The molecule has 0 heterocycles. The molecule has 0 aromatic rings. The Hall–Kier alpha value is -1.56. The van der Waals surface area contributed by atoms with Crippen molar-refractivity contribution < 1.29 is 9.90 Å². The SMILES string of the molecule is C=C(C#N)C(=O)O.C=CC. The average molecular weight is 139 g/mol. The van der Waals surface area contributed by atoms with Gasteiger partial charge in [-0.15, -0.1) is 6.58 Å². The molecule has 0 saturated carbocycles. The van der Waals surface area contributed by atoms with Crippen LogP contribution in [-0.4, -0.2) is 11.1 Å². The second-order valence-corrected chi connectivity index (χ2v) is 1.30. The third kappa shape index (κ3) is 9.67. The molecule has 0 aliphatic heterocycles. The number of nitrogens with zero attached hydrogens (tertiary/aromatic N) is 1. The van der Waals surface area contributed by atoms with Gasteiger partial charge in [-0.05, 0) is 6.92 Å². The van der Waals surface area contributed by atoms with E-state index in [1.807, 2.05) is 6.92 Å². The van der Waals surface area contributed by atoms with Crippen LogP contribution in [0.2, 0.25) is 0 Å². The van der Waals surface area contributed by atoms with Crippen molar-refractivity contribution >= 4 is 5.97 Å². The molecule has 10 heavy (non-hydrogen) atoms. The highest BCUT2D eigenvalue weighted by molar-refractivity contribution is 5.90. The maximum absolute atomic E-state index is 9.61. The average Bonchev–Trinajstić information content (AvgIpc) is 1.88. The van der Waals surface area contributed by atoms with E-state index >= 15 is 0 Å². The molecule has 3 nitrogen and oxygen atoms in total. The highest BCUT2D eigenvalue weighted by Gasteiger charge is 1.97. The third-order valence-electron chi connectivity index (χ3n) is 0.393. The third-order valence-corrected chi connectivity index (χ3v) is 0.393. The van der Waals surface area contributed by atoms with Gasteiger partial charge in [-0.2, -0.15) is 5.26 Å². The van der Waals surface area contributed by atoms with Crippen LogP contribution in [0, 0.1) is 11.3 Å². The Bertz CT molecular complexity index is 177. The van der Waals surface area contributed by atoms with Gasteiger partial charge in [0.15, 0.2) is 0 Å². The van der Waals surface area contributed by atoms with Crippen LogP contribution < -0.4 is 0 Å². The van der Waals surface area contributed by atoms with Gasteiger partial charge in [0, 0.05) is 0 Å². The number of hydrogen-bond acceptors (Lipinski definition) is 2. The zero-order chi connectivity index (χ0) is 8.57. The lowest BCUT2D eigenvalue weighted by Gasteiger charge is -1.76. The molecule has 0 aliphatic carbocycles. The van der Waals surface area contributed by atoms with E-state index in [1.165, 1.54) is 6.07 Å². The Morgan fingerprint density at radius 3 is 2.10 bits per heavy atom. The van der Waals surface area contributed by atoms with Crippen LogP contribution in [0.1, 0.15) is 6.92 Å². The number of carboxylic acids is 1. The van der Waals surface area contributed by atoms with Gasteiger partial charge in [-0.3, -0.25) is 0 Å². The monoisotopic (exact) mass is 139 g/mol. The predicted molar refractivity (Wildman–Crippen MR) is 38.3 cm³/mol. The zero-order valence-electron chi connectivity index (χ0n) is 5.79. The number of hydrogen-bond donors (Lipinski definition) is 1. The Kier molecular flexibility index (Phi) is 8.38. The summed E-state index contributed by atoms with van der Waals surface area (Å²) >= 11 is 0. The van der Waals surface area contributed by atoms with Crippen LogP contribution in [0.4, 0.5) is 0 Å². The van der Waals surface area contributed by atoms with E-state index in [4.69, 9.17) is 10.4 Å². The number of rotatable bonds is 1. The molecule has 0 aliphatic rings. The number of carbonyl (C=O) groups is 1. The summed E-state index contributed by atoms with van der Waals surface area (Å²) in [6, 6.07) is 1.37. The molecule has 0 radical (unpaired) electrons. The summed E-state index contributed by atoms with van der Waals surface area (Å²) in [4.78, 5) is 9.61. The van der Waals surface area contributed by atoms with Crippen molar-refractivity contribution in [3.05, 3.63) is 24.8 Å². The normalized spacial score (nSPS) is 6.00. The predicted octanol–water partition coefficient (Wildman–Crippen LogP) is 1.34. The van der Waals surface area contributed by atoms with Crippen LogP contribution >= 0.6 is 0 Å². The summed E-state index contributed by atoms with van der Waals surface area (Å²) in [6.07, 6.45) is 1.75. The molecule has 0 spiro atoms. The Morgan fingerprint density at radius 2 is 2.10 bits per heavy atom. The maximum atomic E-state index is 9.61. The van der Waals surface area contributed by atoms with Crippen molar-refractivity contribution in [2.75, 3.05) is 0 Å². The summed E-state index contributed by atoms with van der Waals surface area (Å²) in [5, 5.41) is 15.6. The quantitative estimate of drug-likeness (QED) is 0.339. The fourth-order valence-electron chi connectivity index (χ4n) is 0.0478. The lowest BCUT2D eigenvalue weighted by Crippen LogP contribution is -1.94. The molecular formula is C7H9NO2. The number of allylic oxidation sites excluding steroid dienone is 1. The Morgan fingerprint density at radius 1 is 1.80 bits per heavy atom. The molecule has 1 N–H and O–H groups in total. The lowest BCUT2D eigenvalue weighted by molar-refractivity contribution is -0.132. The van der Waals surface area contributed by atoms with E-state index < -0.39 is 11.5 Å². The minimum atomic E-state index is -1.26. The van der Waals surface area contributed by atoms with Crippen LogP contribution in [0.25, 0.3) is 0 Å². The largest absolute Gasteiger partial charge is 0.477 e. The topological polar surface area (TPSA) is 61.1 Å². The summed E-state index contributed by atoms with van der Waals surface area (Å²) < 4.78 is 0. The van der Waals surface area contributed by atoms with Gasteiger partial charge < -0.3 is 5.11 Å². The number of carboxylic acid groups (broad SMARTS) is 1. The van der Waals surface area contributed by atoms with E-state index in [2.05, 4.69) is 13.2 Å². The summed E-state index contributed by atoms with van der Waals surface area (Å²) in [7, 11) is 0. The Balaban J connectivity index is 0. The second kappa shape index (κ2) is 7.44. The maximum Gasteiger partial charge on any atom is 0.345 e. The van der Waals surface area contributed by atoms with Crippen LogP contribution in [0.3, 0.4) is 0 Å². The van der Waals surface area contributed by atoms with Crippen molar-refractivity contribution in [2.24, 2.45) is 0 Å². The van der Waals surface area contributed by atoms with E-state index in [0.29, 0.717) is 0 Å². The molecule has 0 aromatic heterocycles. The number of aliphatic carboxylic acids is 1. The van der Waals surface area contributed by atoms with Gasteiger partial charge in [0.05, 0.1) is 0 Å². The molecule has 0 saturated heterocycles. The first kappa shape index (κ1) is 11.3. The minimum Gasteiger partial charge on any atom is -0.477 e. The van der Waals surface area contributed by atoms with Crippen LogP contribution in [-0.2, 0) is 4.79 Å². The van der Waals surface area contributed by atoms with Gasteiger partial charge in [-0.25, -0.2) is 4.79 Å². The number of nitriles is 1. The second-order valence-electron chi connectivity index (χ2n) is 1.30. The standard InChI is InChI=1S/C4H3NO2.C3H6/c1-3(2-5)4(6)7;1-3-2/h1H2,(H,6,7);3H,1H2,2H3. The zero-order valence-corrected chi connectivity index (χ0v) is 5.79. The van der Waals surface area contributed by atoms with Gasteiger partial charge in [-0.1, -0.05) is 12.7 Å². The first-order chi connectivity index (χ1) is 4.59. The molecule has 0 amide bonds. The highest BCUT2D eigenvalue weighted by atomic mass is 16.4. The van der Waals surface area contributed by atoms with Crippen molar-refractivity contribution in [1.29, 1.82) is 5.26 Å². The van der Waals surface area contributed by atoms with Crippen molar-refractivity contribution in [3.63, 3.8) is 0 Å². The summed E-state index contributed by atoms with van der Waals surface area (Å²) in [5.41, 5.74) is -0.431. The molecule has 0 atom stereocenters. The fraction of sp³-hybridized carbons (Fsp3) is 0.143. The smallest absolute Gasteiger partial charge is 0.345 e. The molecule has 0 bridgehead atoms. The highest BCUT2D eigenvalue weighted by Crippen LogP contribution is 1.81. The van der Waals surface area contributed by atoms with E-state index in [0.717, 1.165) is 0 Å². The van der Waals surface area contributed by atoms with E-state index in [-0.39, 0.29) is 0 Å². The van der Waals surface area contributed by atoms with Gasteiger partial charge in [0.2, 0.25) is 0 Å². The first-order valence-electron chi connectivity index (χ1n) is 2.49. The fourth-order valence-corrected chi connectivity index (χ4v) is 0.0478. The molecule has 0 rings (SSSR count). The first-order valence-corrected chi connectivity index (χ1v) is 2.49. The van der Waals surface area contributed by atoms with Gasteiger partial charge in [0.25, 0.3) is 0 Å². The van der Waals surface area contributed by atoms with Gasteiger partial charge >= 0.3 is 5.97 Å². The van der Waals surface area contributed by atoms with E-state index in [9.17, 15) is 4.79 Å². The van der Waals surface area contributed by atoms with Crippen LogP contribution in [0.15, 0.2) is 24.8 Å². The van der Waals surface area contributed by atoms with E-state index in [1.54, 1.807) is 6.08 Å².